The molecule has 1 fully saturated rings. The smallest absolute Gasteiger partial charge is 0.270 e. The van der Waals surface area contributed by atoms with Crippen molar-refractivity contribution in [3.05, 3.63) is 59.2 Å². The lowest BCUT2D eigenvalue weighted by Gasteiger charge is -2.29. The standard InChI is InChI=1S/C25H28N2O4S/c1-6-16(4)31-21-12-7-17(14-22(21)30-5)13-20-23(28)26-25(32)27(24(20)29)19-10-8-18(9-11-19)15(2)3/h7-16H,6H2,1-5H3,(H,26,28,32)/b20-13+/t16-/m0/s1. The van der Waals surface area contributed by atoms with Crippen molar-refractivity contribution in [2.75, 3.05) is 12.0 Å². The lowest BCUT2D eigenvalue weighted by molar-refractivity contribution is -0.122. The fourth-order valence-electron chi connectivity index (χ4n) is 3.24. The number of nitrogens with zero attached hydrogens (tertiary/aromatic N) is 1. The van der Waals surface area contributed by atoms with Crippen LogP contribution in [0.4, 0.5) is 5.69 Å². The van der Waals surface area contributed by atoms with Crippen LogP contribution in [0.3, 0.4) is 0 Å². The van der Waals surface area contributed by atoms with Crippen molar-refractivity contribution in [1.29, 1.82) is 0 Å². The summed E-state index contributed by atoms with van der Waals surface area (Å²) < 4.78 is 11.3. The molecule has 168 valence electrons. The highest BCUT2D eigenvalue weighted by atomic mass is 32.1. The number of carbonyl (C=O) groups excluding carboxylic acids is 2. The van der Waals surface area contributed by atoms with Gasteiger partial charge in [0.25, 0.3) is 11.8 Å². The largest absolute Gasteiger partial charge is 0.493 e. The summed E-state index contributed by atoms with van der Waals surface area (Å²) in [6.45, 7) is 8.21. The molecule has 3 rings (SSSR count). The Balaban J connectivity index is 1.93. The van der Waals surface area contributed by atoms with Crippen LogP contribution in [0.15, 0.2) is 48.0 Å². The molecule has 0 radical (unpaired) electrons. The quantitative estimate of drug-likeness (QED) is 0.370. The van der Waals surface area contributed by atoms with Crippen molar-refractivity contribution in [3.63, 3.8) is 0 Å². The summed E-state index contributed by atoms with van der Waals surface area (Å²) in [6.07, 6.45) is 2.43. The first-order valence-electron chi connectivity index (χ1n) is 10.6. The first-order chi connectivity index (χ1) is 15.2. The van der Waals surface area contributed by atoms with E-state index in [4.69, 9.17) is 21.7 Å². The van der Waals surface area contributed by atoms with E-state index < -0.39 is 11.8 Å². The zero-order chi connectivity index (χ0) is 23.4. The van der Waals surface area contributed by atoms with E-state index in [-0.39, 0.29) is 16.8 Å². The molecule has 0 aromatic heterocycles. The molecule has 32 heavy (non-hydrogen) atoms. The molecule has 1 atom stereocenters. The lowest BCUT2D eigenvalue weighted by atomic mass is 10.0. The van der Waals surface area contributed by atoms with E-state index in [0.29, 0.717) is 28.7 Å². The van der Waals surface area contributed by atoms with E-state index in [1.54, 1.807) is 25.3 Å². The minimum absolute atomic E-state index is 0.0100. The number of carbonyl (C=O) groups is 2. The zero-order valence-corrected chi connectivity index (χ0v) is 19.8. The number of amides is 2. The van der Waals surface area contributed by atoms with Gasteiger partial charge in [-0.15, -0.1) is 0 Å². The predicted octanol–water partition coefficient (Wildman–Crippen LogP) is 4.83. The Labute approximate surface area is 194 Å². The Kier molecular flexibility index (Phi) is 7.30. The number of hydrogen-bond donors (Lipinski definition) is 1. The maximum Gasteiger partial charge on any atom is 0.270 e. The highest BCUT2D eigenvalue weighted by molar-refractivity contribution is 7.80. The molecule has 1 N–H and O–H groups in total. The van der Waals surface area contributed by atoms with Crippen molar-refractivity contribution < 1.29 is 19.1 Å². The van der Waals surface area contributed by atoms with Crippen LogP contribution < -0.4 is 19.7 Å². The van der Waals surface area contributed by atoms with Gasteiger partial charge in [-0.1, -0.05) is 39.0 Å². The normalized spacial score (nSPS) is 16.4. The van der Waals surface area contributed by atoms with Crippen LogP contribution in [0.25, 0.3) is 6.08 Å². The number of hydrogen-bond acceptors (Lipinski definition) is 5. The first kappa shape index (κ1) is 23.5. The highest BCUT2D eigenvalue weighted by Gasteiger charge is 2.34. The first-order valence-corrected chi connectivity index (χ1v) is 11.0. The number of rotatable bonds is 7. The van der Waals surface area contributed by atoms with Crippen LogP contribution in [0.5, 0.6) is 11.5 Å². The maximum atomic E-state index is 13.2. The average Bonchev–Trinajstić information content (AvgIpc) is 2.77. The summed E-state index contributed by atoms with van der Waals surface area (Å²) in [5.74, 6) is 0.491. The van der Waals surface area contributed by atoms with Gasteiger partial charge in [0.2, 0.25) is 0 Å². The molecule has 1 aliphatic rings. The number of benzene rings is 2. The van der Waals surface area contributed by atoms with E-state index >= 15 is 0 Å². The molecular formula is C25H28N2O4S. The van der Waals surface area contributed by atoms with E-state index in [1.165, 1.54) is 11.0 Å². The van der Waals surface area contributed by atoms with Crippen LogP contribution in [0.2, 0.25) is 0 Å². The number of ether oxygens (including phenoxy) is 2. The van der Waals surface area contributed by atoms with Gasteiger partial charge in [-0.3, -0.25) is 19.8 Å². The summed E-state index contributed by atoms with van der Waals surface area (Å²) in [5.41, 5.74) is 2.38. The van der Waals surface area contributed by atoms with Crippen LogP contribution in [0.1, 0.15) is 51.2 Å². The zero-order valence-electron chi connectivity index (χ0n) is 19.0. The van der Waals surface area contributed by atoms with Gasteiger partial charge in [0.05, 0.1) is 18.9 Å². The van der Waals surface area contributed by atoms with Crippen LogP contribution >= 0.6 is 12.2 Å². The van der Waals surface area contributed by atoms with Crippen molar-refractivity contribution in [1.82, 2.24) is 5.32 Å². The number of methoxy groups -OCH3 is 1. The van der Waals surface area contributed by atoms with Crippen LogP contribution in [-0.2, 0) is 9.59 Å². The van der Waals surface area contributed by atoms with E-state index in [2.05, 4.69) is 19.2 Å². The third kappa shape index (κ3) is 4.99. The molecule has 1 heterocycles. The topological polar surface area (TPSA) is 67.9 Å². The molecule has 7 heteroatoms. The summed E-state index contributed by atoms with van der Waals surface area (Å²) >= 11 is 5.28. The Bertz CT molecular complexity index is 1060. The van der Waals surface area contributed by atoms with Gasteiger partial charge >= 0.3 is 0 Å². The second-order valence-corrected chi connectivity index (χ2v) is 8.34. The molecule has 0 aliphatic carbocycles. The third-order valence-corrected chi connectivity index (χ3v) is 5.61. The van der Waals surface area contributed by atoms with Gasteiger partial charge in [0, 0.05) is 0 Å². The van der Waals surface area contributed by atoms with Crippen molar-refractivity contribution in [2.45, 2.75) is 46.1 Å². The fourth-order valence-corrected chi connectivity index (χ4v) is 3.52. The monoisotopic (exact) mass is 452 g/mol. The van der Waals surface area contributed by atoms with E-state index in [1.807, 2.05) is 38.1 Å². The third-order valence-electron chi connectivity index (χ3n) is 5.32. The Hall–Kier alpha value is -3.19. The van der Waals surface area contributed by atoms with Gasteiger partial charge in [0.15, 0.2) is 16.6 Å². The Morgan fingerprint density at radius 3 is 2.34 bits per heavy atom. The van der Waals surface area contributed by atoms with E-state index in [9.17, 15) is 9.59 Å². The summed E-state index contributed by atoms with van der Waals surface area (Å²) in [7, 11) is 1.55. The summed E-state index contributed by atoms with van der Waals surface area (Å²) in [4.78, 5) is 27.1. The van der Waals surface area contributed by atoms with Crippen molar-refractivity contribution in [2.24, 2.45) is 0 Å². The minimum Gasteiger partial charge on any atom is -0.493 e. The molecule has 0 bridgehead atoms. The van der Waals surface area contributed by atoms with Gasteiger partial charge in [-0.25, -0.2) is 0 Å². The number of thiocarbonyl (C=S) groups is 1. The highest BCUT2D eigenvalue weighted by Crippen LogP contribution is 2.31. The number of anilines is 1. The molecule has 2 aromatic carbocycles. The summed E-state index contributed by atoms with van der Waals surface area (Å²) in [5, 5.41) is 2.67. The van der Waals surface area contributed by atoms with Gasteiger partial charge < -0.3 is 9.47 Å². The maximum absolute atomic E-state index is 13.2. The van der Waals surface area contributed by atoms with Gasteiger partial charge in [0.1, 0.15) is 5.57 Å². The van der Waals surface area contributed by atoms with Crippen LogP contribution in [0, 0.1) is 0 Å². The molecule has 0 saturated carbocycles. The summed E-state index contributed by atoms with van der Waals surface area (Å²) in [6, 6.07) is 12.9. The average molecular weight is 453 g/mol. The minimum atomic E-state index is -0.533. The van der Waals surface area contributed by atoms with Crippen molar-refractivity contribution >= 4 is 40.9 Å². The van der Waals surface area contributed by atoms with Gasteiger partial charge in [-0.05, 0) is 72.9 Å². The second-order valence-electron chi connectivity index (χ2n) is 7.95. The molecule has 1 aliphatic heterocycles. The Morgan fingerprint density at radius 2 is 1.75 bits per heavy atom. The SMILES string of the molecule is CC[C@H](C)Oc1ccc(/C=C2\C(=O)NC(=S)N(c3ccc(C(C)C)cc3)C2=O)cc1OC. The molecule has 0 spiro atoms. The van der Waals surface area contributed by atoms with Crippen LogP contribution in [-0.4, -0.2) is 30.1 Å². The molecule has 2 aromatic rings. The molecule has 2 amide bonds. The van der Waals surface area contributed by atoms with Gasteiger partial charge in [-0.2, -0.15) is 0 Å². The fraction of sp³-hybridized carbons (Fsp3) is 0.320. The number of nitrogens with one attached hydrogen (secondary N) is 1. The molecular weight excluding hydrogens is 424 g/mol. The van der Waals surface area contributed by atoms with E-state index in [0.717, 1.165) is 12.0 Å². The molecule has 6 nitrogen and oxygen atoms in total. The Morgan fingerprint density at radius 1 is 1.06 bits per heavy atom. The lowest BCUT2D eigenvalue weighted by Crippen LogP contribution is -2.54. The molecule has 1 saturated heterocycles. The predicted molar refractivity (Wildman–Crippen MR) is 130 cm³/mol. The van der Waals surface area contributed by atoms with Crippen molar-refractivity contribution in [3.8, 4) is 11.5 Å². The second kappa shape index (κ2) is 9.96. The molecule has 0 unspecified atom stereocenters.